The second-order valence-electron chi connectivity index (χ2n) is 13.9. The Labute approximate surface area is 268 Å². The van der Waals surface area contributed by atoms with Crippen molar-refractivity contribution in [1.82, 2.24) is 19.9 Å². The molecule has 238 valence electrons. The van der Waals surface area contributed by atoms with Crippen LogP contribution in [0, 0.1) is 11.8 Å². The van der Waals surface area contributed by atoms with Gasteiger partial charge in [0.1, 0.15) is 11.9 Å². The first-order chi connectivity index (χ1) is 22.4. The van der Waals surface area contributed by atoms with E-state index in [9.17, 15) is 14.4 Å². The largest absolute Gasteiger partial charge is 0.436 e. The summed E-state index contributed by atoms with van der Waals surface area (Å²) in [6.07, 6.45) is 11.0. The molecule has 2 saturated carbocycles. The third kappa shape index (κ3) is 5.42. The van der Waals surface area contributed by atoms with E-state index in [2.05, 4.69) is 15.3 Å². The third-order valence-electron chi connectivity index (χ3n) is 10.6. The van der Waals surface area contributed by atoms with Crippen molar-refractivity contribution in [2.45, 2.75) is 83.2 Å². The summed E-state index contributed by atoms with van der Waals surface area (Å²) in [5.41, 5.74) is 3.95. The molecule has 2 aliphatic carbocycles. The summed E-state index contributed by atoms with van der Waals surface area (Å²) < 4.78 is 6.11. The van der Waals surface area contributed by atoms with Gasteiger partial charge >= 0.3 is 11.9 Å². The summed E-state index contributed by atoms with van der Waals surface area (Å²) in [7, 11) is 0. The molecule has 4 heterocycles. The van der Waals surface area contributed by atoms with Gasteiger partial charge in [-0.1, -0.05) is 6.07 Å². The predicted molar refractivity (Wildman–Crippen MR) is 173 cm³/mol. The van der Waals surface area contributed by atoms with Gasteiger partial charge < -0.3 is 14.3 Å². The molecule has 2 saturated heterocycles. The molecule has 0 bridgehead atoms. The number of aromatic amines is 1. The standard InChI is InChI=1S/C36H40N6O4/c1-22-5-4-16-42(22,33(44)18-24-11-12-24)36(45)38-27-7-2-6-26(19-27)35-37-21-31(46-35)25-13-14-28-29(20-25)40-34(39-28)30-8-3-15-41(30)32(43)17-23-9-10-23/h2,6-7,13-14,19-24,30H,3-5,8-12,15-18H2,1H3,(H-,38,39,40,45)/p+1/t22-,30+,42?/m1/s1. The van der Waals surface area contributed by atoms with Crippen molar-refractivity contribution >= 4 is 34.6 Å². The van der Waals surface area contributed by atoms with Crippen molar-refractivity contribution in [2.75, 3.05) is 18.4 Å². The Bertz CT molecular complexity index is 1820. The van der Waals surface area contributed by atoms with Crippen LogP contribution >= 0.6 is 0 Å². The van der Waals surface area contributed by atoms with Gasteiger partial charge in [0.05, 0.1) is 36.2 Å². The number of nitrogens with one attached hydrogen (secondary N) is 2. The lowest BCUT2D eigenvalue weighted by Crippen LogP contribution is -2.60. The molecule has 2 aromatic heterocycles. The zero-order valence-corrected chi connectivity index (χ0v) is 26.3. The molecule has 4 aromatic rings. The Kier molecular flexibility index (Phi) is 7.27. The maximum Gasteiger partial charge on any atom is 0.428 e. The first kappa shape index (κ1) is 29.1. The molecule has 4 fully saturated rings. The van der Waals surface area contributed by atoms with Crippen LogP contribution in [0.4, 0.5) is 10.5 Å². The van der Waals surface area contributed by atoms with E-state index in [1.807, 2.05) is 54.3 Å². The van der Waals surface area contributed by atoms with E-state index in [4.69, 9.17) is 9.40 Å². The van der Waals surface area contributed by atoms with Crippen molar-refractivity contribution in [3.63, 3.8) is 0 Å². The zero-order valence-electron chi connectivity index (χ0n) is 26.3. The average Bonchev–Trinajstić information content (AvgIpc) is 3.77. The summed E-state index contributed by atoms with van der Waals surface area (Å²) in [5.74, 6) is 3.19. The van der Waals surface area contributed by atoms with Gasteiger partial charge in [-0.2, -0.15) is 4.48 Å². The van der Waals surface area contributed by atoms with Crippen LogP contribution in [0.5, 0.6) is 0 Å². The van der Waals surface area contributed by atoms with Crippen LogP contribution in [0.2, 0.25) is 0 Å². The number of aromatic nitrogens is 3. The monoisotopic (exact) mass is 621 g/mol. The van der Waals surface area contributed by atoms with E-state index in [0.29, 0.717) is 48.6 Å². The molecule has 2 N–H and O–H groups in total. The number of likely N-dealkylation sites (tertiary alicyclic amines) is 2. The minimum atomic E-state index is -0.249. The third-order valence-corrected chi connectivity index (χ3v) is 10.6. The number of nitrogens with zero attached hydrogens (tertiary/aromatic N) is 4. The summed E-state index contributed by atoms with van der Waals surface area (Å²) in [5, 5.41) is 3.05. The molecular formula is C36H41N6O4+. The number of fused-ring (bicyclic) bond motifs is 1. The molecule has 8 rings (SSSR count). The van der Waals surface area contributed by atoms with Gasteiger partial charge in [-0.3, -0.25) is 10.1 Å². The van der Waals surface area contributed by atoms with Crippen molar-refractivity contribution in [1.29, 1.82) is 0 Å². The van der Waals surface area contributed by atoms with Crippen LogP contribution in [-0.4, -0.2) is 61.3 Å². The maximum atomic E-state index is 13.7. The van der Waals surface area contributed by atoms with Gasteiger partial charge in [-0.05, 0) is 93.7 Å². The molecule has 10 nitrogen and oxygen atoms in total. The molecule has 4 amide bonds. The van der Waals surface area contributed by atoms with Gasteiger partial charge in [-0.15, -0.1) is 0 Å². The number of oxazole rings is 1. The number of quaternary nitrogens is 1. The molecule has 0 radical (unpaired) electrons. The Balaban J connectivity index is 0.991. The molecule has 1 unspecified atom stereocenters. The van der Waals surface area contributed by atoms with Gasteiger partial charge in [0.15, 0.2) is 5.76 Å². The summed E-state index contributed by atoms with van der Waals surface area (Å²) in [4.78, 5) is 54.9. The Morgan fingerprint density at radius 3 is 2.59 bits per heavy atom. The van der Waals surface area contributed by atoms with Crippen LogP contribution in [-0.2, 0) is 9.59 Å². The quantitative estimate of drug-likeness (QED) is 0.201. The summed E-state index contributed by atoms with van der Waals surface area (Å²) in [6.45, 7) is 3.37. The highest BCUT2D eigenvalue weighted by Gasteiger charge is 2.53. The second kappa shape index (κ2) is 11.5. The summed E-state index contributed by atoms with van der Waals surface area (Å²) >= 11 is 0. The molecule has 2 aliphatic heterocycles. The highest BCUT2D eigenvalue weighted by molar-refractivity contribution is 5.93. The lowest BCUT2D eigenvalue weighted by Gasteiger charge is -2.33. The van der Waals surface area contributed by atoms with Gasteiger partial charge in [-0.25, -0.2) is 19.6 Å². The van der Waals surface area contributed by atoms with E-state index in [-0.39, 0.29) is 34.4 Å². The lowest BCUT2D eigenvalue weighted by molar-refractivity contribution is -0.782. The fraction of sp³-hybridized carbons (Fsp3) is 0.472. The van der Waals surface area contributed by atoms with Crippen LogP contribution in [0.3, 0.4) is 0 Å². The van der Waals surface area contributed by atoms with Crippen LogP contribution < -0.4 is 5.32 Å². The fourth-order valence-electron chi connectivity index (χ4n) is 7.46. The zero-order chi connectivity index (χ0) is 31.4. The Morgan fingerprint density at radius 2 is 1.80 bits per heavy atom. The highest BCUT2D eigenvalue weighted by Crippen LogP contribution is 2.39. The molecule has 4 aliphatic rings. The second-order valence-corrected chi connectivity index (χ2v) is 13.9. The molecule has 46 heavy (non-hydrogen) atoms. The number of carbonyl (C=O) groups is 3. The molecular weight excluding hydrogens is 580 g/mol. The molecule has 0 spiro atoms. The minimum absolute atomic E-state index is 0.00590. The molecule has 10 heteroatoms. The summed E-state index contributed by atoms with van der Waals surface area (Å²) in [6, 6.07) is 13.1. The number of rotatable bonds is 8. The van der Waals surface area contributed by atoms with Crippen molar-refractivity contribution in [3.8, 4) is 22.8 Å². The van der Waals surface area contributed by atoms with Crippen LogP contribution in [0.25, 0.3) is 33.8 Å². The fourth-order valence-corrected chi connectivity index (χ4v) is 7.46. The molecule has 2 aromatic carbocycles. The number of anilines is 1. The van der Waals surface area contributed by atoms with E-state index in [1.165, 1.54) is 12.8 Å². The smallest absolute Gasteiger partial charge is 0.428 e. The highest BCUT2D eigenvalue weighted by atomic mass is 16.4. The van der Waals surface area contributed by atoms with Crippen LogP contribution in [0.15, 0.2) is 53.1 Å². The van der Waals surface area contributed by atoms with Crippen molar-refractivity contribution < 1.29 is 23.3 Å². The van der Waals surface area contributed by atoms with E-state index in [1.54, 1.807) is 6.20 Å². The van der Waals surface area contributed by atoms with E-state index < -0.39 is 0 Å². The number of H-pyrrole nitrogens is 1. The Hall–Kier alpha value is -4.31. The average molecular weight is 622 g/mol. The molecule has 3 atom stereocenters. The number of benzene rings is 2. The van der Waals surface area contributed by atoms with E-state index >= 15 is 0 Å². The van der Waals surface area contributed by atoms with Crippen molar-refractivity contribution in [3.05, 3.63) is 54.5 Å². The number of carbonyl (C=O) groups excluding carboxylic acids is 3. The number of hydrogen-bond donors (Lipinski definition) is 2. The SMILES string of the molecule is C[C@@H]1CCC[N+]1(C(=O)CC1CC1)C(=O)Nc1cccc(-c2ncc(-c3ccc4nc([C@@H]5CCCN5C(=O)CC5CC5)[nH]c4c3)o2)c1. The van der Waals surface area contributed by atoms with Crippen LogP contribution in [0.1, 0.15) is 83.0 Å². The number of imide groups is 1. The van der Waals surface area contributed by atoms with Gasteiger partial charge in [0.2, 0.25) is 11.8 Å². The topological polar surface area (TPSA) is 121 Å². The predicted octanol–water partition coefficient (Wildman–Crippen LogP) is 7.21. The number of imidazole rings is 1. The first-order valence-electron chi connectivity index (χ1n) is 17.0. The van der Waals surface area contributed by atoms with E-state index in [0.717, 1.165) is 73.1 Å². The van der Waals surface area contributed by atoms with Crippen molar-refractivity contribution in [2.24, 2.45) is 11.8 Å². The van der Waals surface area contributed by atoms with Gasteiger partial charge in [0, 0.05) is 42.6 Å². The number of amides is 4. The normalized spacial score (nSPS) is 24.5. The first-order valence-corrected chi connectivity index (χ1v) is 17.0. The lowest BCUT2D eigenvalue weighted by atomic mass is 10.1. The number of urea groups is 1. The maximum absolute atomic E-state index is 13.7. The minimum Gasteiger partial charge on any atom is -0.436 e. The Morgan fingerprint density at radius 1 is 0.978 bits per heavy atom. The number of hydrogen-bond acceptors (Lipinski definition) is 6. The van der Waals surface area contributed by atoms with Gasteiger partial charge in [0.25, 0.3) is 0 Å².